The zero-order valence-corrected chi connectivity index (χ0v) is 12.9. The third-order valence-electron chi connectivity index (χ3n) is 3.22. The number of hydrogen-bond donors (Lipinski definition) is 1. The SMILES string of the molecule is Cc1ccc(OCCNC(=O)c2cccc(Cl)c2)cc1C. The first-order valence-corrected chi connectivity index (χ1v) is 7.18. The molecule has 0 heterocycles. The van der Waals surface area contributed by atoms with Crippen LogP contribution in [-0.2, 0) is 0 Å². The normalized spacial score (nSPS) is 10.2. The van der Waals surface area contributed by atoms with Crippen LogP contribution in [0.4, 0.5) is 0 Å². The lowest BCUT2D eigenvalue weighted by molar-refractivity contribution is 0.0947. The summed E-state index contributed by atoms with van der Waals surface area (Å²) in [6.45, 7) is 4.97. The van der Waals surface area contributed by atoms with Crippen LogP contribution in [-0.4, -0.2) is 19.1 Å². The predicted octanol–water partition coefficient (Wildman–Crippen LogP) is 3.77. The van der Waals surface area contributed by atoms with E-state index < -0.39 is 0 Å². The van der Waals surface area contributed by atoms with Gasteiger partial charge in [0.05, 0.1) is 6.54 Å². The number of aryl methyl sites for hydroxylation is 2. The maximum atomic E-state index is 11.9. The fraction of sp³-hybridized carbons (Fsp3) is 0.235. The molecule has 0 unspecified atom stereocenters. The molecule has 4 heteroatoms. The standard InChI is InChI=1S/C17H18ClNO2/c1-12-6-7-16(10-13(12)2)21-9-8-19-17(20)14-4-3-5-15(18)11-14/h3-7,10-11H,8-9H2,1-2H3,(H,19,20). The van der Waals surface area contributed by atoms with Gasteiger partial charge in [-0.25, -0.2) is 0 Å². The highest BCUT2D eigenvalue weighted by Crippen LogP contribution is 2.16. The number of ether oxygens (including phenoxy) is 1. The molecule has 0 fully saturated rings. The zero-order valence-electron chi connectivity index (χ0n) is 12.2. The molecule has 0 radical (unpaired) electrons. The van der Waals surface area contributed by atoms with Gasteiger partial charge in [-0.3, -0.25) is 4.79 Å². The highest BCUT2D eigenvalue weighted by molar-refractivity contribution is 6.30. The second-order valence-electron chi connectivity index (χ2n) is 4.86. The monoisotopic (exact) mass is 303 g/mol. The maximum absolute atomic E-state index is 11.9. The van der Waals surface area contributed by atoms with Crippen LogP contribution in [0.2, 0.25) is 5.02 Å². The number of amides is 1. The largest absolute Gasteiger partial charge is 0.492 e. The predicted molar refractivity (Wildman–Crippen MR) is 85.2 cm³/mol. The lowest BCUT2D eigenvalue weighted by Crippen LogP contribution is -2.28. The molecule has 0 aromatic heterocycles. The van der Waals surface area contributed by atoms with Crippen LogP contribution in [0.1, 0.15) is 21.5 Å². The van der Waals surface area contributed by atoms with Gasteiger partial charge in [-0.15, -0.1) is 0 Å². The Kier molecular flexibility index (Phi) is 5.23. The van der Waals surface area contributed by atoms with Gasteiger partial charge in [0.25, 0.3) is 5.91 Å². The first-order chi connectivity index (χ1) is 10.1. The van der Waals surface area contributed by atoms with E-state index in [-0.39, 0.29) is 5.91 Å². The van der Waals surface area contributed by atoms with Crippen molar-refractivity contribution < 1.29 is 9.53 Å². The molecule has 0 atom stereocenters. The zero-order chi connectivity index (χ0) is 15.2. The summed E-state index contributed by atoms with van der Waals surface area (Å²) in [6, 6.07) is 12.8. The minimum absolute atomic E-state index is 0.152. The van der Waals surface area contributed by atoms with Crippen LogP contribution in [0.25, 0.3) is 0 Å². The van der Waals surface area contributed by atoms with Crippen LogP contribution >= 0.6 is 11.6 Å². The highest BCUT2D eigenvalue weighted by atomic mass is 35.5. The summed E-state index contributed by atoms with van der Waals surface area (Å²) in [5, 5.41) is 3.35. The third kappa shape index (κ3) is 4.50. The fourth-order valence-corrected chi connectivity index (χ4v) is 2.06. The average molecular weight is 304 g/mol. The molecule has 1 amide bonds. The minimum Gasteiger partial charge on any atom is -0.492 e. The van der Waals surface area contributed by atoms with E-state index >= 15 is 0 Å². The molecule has 3 nitrogen and oxygen atoms in total. The number of rotatable bonds is 5. The Morgan fingerprint density at radius 1 is 1.14 bits per heavy atom. The molecule has 0 aliphatic carbocycles. The first kappa shape index (κ1) is 15.4. The van der Waals surface area contributed by atoms with Gasteiger partial charge in [-0.1, -0.05) is 23.7 Å². The molecule has 2 aromatic rings. The molecule has 0 aliphatic rings. The summed E-state index contributed by atoms with van der Waals surface area (Å²) in [4.78, 5) is 11.9. The van der Waals surface area contributed by atoms with Gasteiger partial charge in [0.1, 0.15) is 12.4 Å². The summed E-state index contributed by atoms with van der Waals surface area (Å²) < 4.78 is 5.61. The molecule has 2 rings (SSSR count). The fourth-order valence-electron chi connectivity index (χ4n) is 1.87. The van der Waals surface area contributed by atoms with Gasteiger partial charge in [-0.2, -0.15) is 0 Å². The number of halogens is 1. The summed E-state index contributed by atoms with van der Waals surface area (Å²) in [6.07, 6.45) is 0. The second kappa shape index (κ2) is 7.14. The Labute approximate surface area is 129 Å². The Bertz CT molecular complexity index is 640. The van der Waals surface area contributed by atoms with E-state index in [0.29, 0.717) is 23.7 Å². The van der Waals surface area contributed by atoms with Gasteiger partial charge in [0.15, 0.2) is 0 Å². The molecule has 0 aliphatic heterocycles. The van der Waals surface area contributed by atoms with Gasteiger partial charge < -0.3 is 10.1 Å². The van der Waals surface area contributed by atoms with Crippen molar-refractivity contribution in [1.29, 1.82) is 0 Å². The molecule has 21 heavy (non-hydrogen) atoms. The van der Waals surface area contributed by atoms with Crippen LogP contribution in [0.15, 0.2) is 42.5 Å². The smallest absolute Gasteiger partial charge is 0.251 e. The summed E-state index contributed by atoms with van der Waals surface area (Å²) in [5.74, 6) is 0.663. The third-order valence-corrected chi connectivity index (χ3v) is 3.46. The van der Waals surface area contributed by atoms with E-state index in [0.717, 1.165) is 5.75 Å². The van der Waals surface area contributed by atoms with E-state index in [9.17, 15) is 4.79 Å². The lowest BCUT2D eigenvalue weighted by atomic mass is 10.1. The van der Waals surface area contributed by atoms with Crippen molar-refractivity contribution in [3.63, 3.8) is 0 Å². The van der Waals surface area contributed by atoms with E-state index in [4.69, 9.17) is 16.3 Å². The van der Waals surface area contributed by atoms with Crippen molar-refractivity contribution in [2.24, 2.45) is 0 Å². The second-order valence-corrected chi connectivity index (χ2v) is 5.30. The van der Waals surface area contributed by atoms with Crippen molar-refractivity contribution in [1.82, 2.24) is 5.32 Å². The summed E-state index contributed by atoms with van der Waals surface area (Å²) in [7, 11) is 0. The van der Waals surface area contributed by atoms with Crippen molar-refractivity contribution >= 4 is 17.5 Å². The number of carbonyl (C=O) groups is 1. The van der Waals surface area contributed by atoms with Gasteiger partial charge in [0, 0.05) is 10.6 Å². The number of nitrogens with one attached hydrogen (secondary N) is 1. The van der Waals surface area contributed by atoms with E-state index in [1.54, 1.807) is 24.3 Å². The molecular weight excluding hydrogens is 286 g/mol. The Morgan fingerprint density at radius 2 is 1.95 bits per heavy atom. The van der Waals surface area contributed by atoms with Crippen LogP contribution < -0.4 is 10.1 Å². The lowest BCUT2D eigenvalue weighted by Gasteiger charge is -2.09. The number of carbonyl (C=O) groups excluding carboxylic acids is 1. The highest BCUT2D eigenvalue weighted by Gasteiger charge is 2.05. The van der Waals surface area contributed by atoms with Gasteiger partial charge >= 0.3 is 0 Å². The molecular formula is C17H18ClNO2. The van der Waals surface area contributed by atoms with Crippen LogP contribution in [0, 0.1) is 13.8 Å². The molecule has 110 valence electrons. The van der Waals surface area contributed by atoms with Gasteiger partial charge in [0.2, 0.25) is 0 Å². The molecule has 0 spiro atoms. The Morgan fingerprint density at radius 3 is 2.67 bits per heavy atom. The van der Waals surface area contributed by atoms with E-state index in [1.165, 1.54) is 11.1 Å². The van der Waals surface area contributed by atoms with E-state index in [2.05, 4.69) is 12.2 Å². The van der Waals surface area contributed by atoms with Crippen molar-refractivity contribution in [2.45, 2.75) is 13.8 Å². The first-order valence-electron chi connectivity index (χ1n) is 6.80. The Hall–Kier alpha value is -2.00. The topological polar surface area (TPSA) is 38.3 Å². The van der Waals surface area contributed by atoms with Crippen LogP contribution in [0.3, 0.4) is 0 Å². The van der Waals surface area contributed by atoms with Crippen molar-refractivity contribution in [2.75, 3.05) is 13.2 Å². The molecule has 2 aromatic carbocycles. The maximum Gasteiger partial charge on any atom is 0.251 e. The number of hydrogen-bond acceptors (Lipinski definition) is 2. The van der Waals surface area contributed by atoms with Crippen molar-refractivity contribution in [3.05, 3.63) is 64.2 Å². The van der Waals surface area contributed by atoms with Crippen molar-refractivity contribution in [3.8, 4) is 5.75 Å². The molecule has 0 saturated carbocycles. The van der Waals surface area contributed by atoms with E-state index in [1.807, 2.05) is 25.1 Å². The molecule has 1 N–H and O–H groups in total. The molecule has 0 saturated heterocycles. The quantitative estimate of drug-likeness (QED) is 0.854. The summed E-state index contributed by atoms with van der Waals surface area (Å²) >= 11 is 5.85. The summed E-state index contributed by atoms with van der Waals surface area (Å²) in [5.41, 5.74) is 2.97. The van der Waals surface area contributed by atoms with Gasteiger partial charge in [-0.05, 0) is 55.3 Å². The minimum atomic E-state index is -0.152. The van der Waals surface area contributed by atoms with Crippen LogP contribution in [0.5, 0.6) is 5.75 Å². The number of benzene rings is 2. The Balaban J connectivity index is 1.79. The molecule has 0 bridgehead atoms. The average Bonchev–Trinajstić information content (AvgIpc) is 2.47.